The van der Waals surface area contributed by atoms with Gasteiger partial charge in [0, 0.05) is 6.04 Å². The zero-order valence-corrected chi connectivity index (χ0v) is 12.5. The normalized spacial score (nSPS) is 13.6. The molecule has 0 bridgehead atoms. The number of hydrogen-bond donors (Lipinski definition) is 2. The predicted octanol–water partition coefficient (Wildman–Crippen LogP) is 1.44. The fourth-order valence-corrected chi connectivity index (χ4v) is 2.86. The molecular weight excluding hydrogens is 266 g/mol. The molecule has 6 heteroatoms. The first-order chi connectivity index (χ1) is 8.76. The first-order valence-electron chi connectivity index (χ1n) is 6.16. The van der Waals surface area contributed by atoms with Crippen molar-refractivity contribution in [1.29, 1.82) is 0 Å². The third-order valence-corrected chi connectivity index (χ3v) is 4.04. The van der Waals surface area contributed by atoms with E-state index in [1.54, 1.807) is 26.0 Å². The minimum absolute atomic E-state index is 0.0358. The molecule has 1 rings (SSSR count). The Hall–Kier alpha value is -1.11. The highest BCUT2D eigenvalue weighted by molar-refractivity contribution is 7.89. The van der Waals surface area contributed by atoms with Gasteiger partial charge in [-0.3, -0.25) is 0 Å². The Balaban J connectivity index is 3.00. The zero-order valence-electron chi connectivity index (χ0n) is 11.7. The van der Waals surface area contributed by atoms with Crippen molar-refractivity contribution in [2.24, 2.45) is 0 Å². The second-order valence-electron chi connectivity index (χ2n) is 4.80. The summed E-state index contributed by atoms with van der Waals surface area (Å²) < 4.78 is 32.0. The number of aliphatic hydroxyl groups excluding tert-OH is 1. The maximum atomic E-state index is 12.0. The summed E-state index contributed by atoms with van der Waals surface area (Å²) in [7, 11) is -3.60. The van der Waals surface area contributed by atoms with Crippen molar-refractivity contribution in [1.82, 2.24) is 4.72 Å². The molecular formula is C13H21NO4S. The lowest BCUT2D eigenvalue weighted by Crippen LogP contribution is -2.35. The van der Waals surface area contributed by atoms with E-state index in [9.17, 15) is 8.42 Å². The van der Waals surface area contributed by atoms with Crippen LogP contribution in [-0.4, -0.2) is 32.3 Å². The van der Waals surface area contributed by atoms with Gasteiger partial charge in [-0.2, -0.15) is 0 Å². The Morgan fingerprint density at radius 3 is 2.42 bits per heavy atom. The maximum absolute atomic E-state index is 12.0. The molecule has 0 aromatic heterocycles. The summed E-state index contributed by atoms with van der Waals surface area (Å²) >= 11 is 0. The number of ether oxygens (including phenoxy) is 1. The Labute approximate surface area is 114 Å². The molecule has 1 aromatic carbocycles. The van der Waals surface area contributed by atoms with Crippen molar-refractivity contribution in [2.45, 2.75) is 44.7 Å². The highest BCUT2D eigenvalue weighted by Gasteiger charge is 2.18. The van der Waals surface area contributed by atoms with Crippen LogP contribution in [0.1, 0.15) is 26.3 Å². The van der Waals surface area contributed by atoms with Gasteiger partial charge in [-0.1, -0.05) is 0 Å². The molecule has 0 radical (unpaired) electrons. The molecule has 108 valence electrons. The molecule has 0 fully saturated rings. The average Bonchev–Trinajstić information content (AvgIpc) is 2.30. The summed E-state index contributed by atoms with van der Waals surface area (Å²) in [5, 5.41) is 8.90. The van der Waals surface area contributed by atoms with E-state index in [0.717, 1.165) is 5.56 Å². The lowest BCUT2D eigenvalue weighted by molar-refractivity contribution is 0.240. The monoisotopic (exact) mass is 287 g/mol. The fraction of sp³-hybridized carbons (Fsp3) is 0.538. The van der Waals surface area contributed by atoms with Gasteiger partial charge in [0.2, 0.25) is 10.0 Å². The lowest BCUT2D eigenvalue weighted by Gasteiger charge is -2.15. The van der Waals surface area contributed by atoms with Gasteiger partial charge in [0.15, 0.2) is 0 Å². The van der Waals surface area contributed by atoms with Crippen molar-refractivity contribution in [3.8, 4) is 5.75 Å². The highest BCUT2D eigenvalue weighted by Crippen LogP contribution is 2.22. The largest absolute Gasteiger partial charge is 0.491 e. The van der Waals surface area contributed by atoms with E-state index in [2.05, 4.69) is 4.72 Å². The first kappa shape index (κ1) is 15.9. The van der Waals surface area contributed by atoms with Crippen LogP contribution in [0.3, 0.4) is 0 Å². The van der Waals surface area contributed by atoms with Gasteiger partial charge in [0.1, 0.15) is 5.75 Å². The molecule has 1 aromatic rings. The molecule has 0 saturated heterocycles. The van der Waals surface area contributed by atoms with Gasteiger partial charge in [0.25, 0.3) is 0 Å². The van der Waals surface area contributed by atoms with Crippen LogP contribution in [0.4, 0.5) is 0 Å². The second kappa shape index (κ2) is 6.36. The van der Waals surface area contributed by atoms with Crippen molar-refractivity contribution >= 4 is 10.0 Å². The summed E-state index contributed by atoms with van der Waals surface area (Å²) in [5.74, 6) is 0.671. The Morgan fingerprint density at radius 1 is 1.32 bits per heavy atom. The summed E-state index contributed by atoms with van der Waals surface area (Å²) in [6, 6.07) is 4.19. The number of nitrogens with one attached hydrogen (secondary N) is 1. The van der Waals surface area contributed by atoms with E-state index in [1.165, 1.54) is 6.07 Å². The molecule has 5 nitrogen and oxygen atoms in total. The predicted molar refractivity (Wildman–Crippen MR) is 73.8 cm³/mol. The van der Waals surface area contributed by atoms with Crippen LogP contribution in [0.2, 0.25) is 0 Å². The summed E-state index contributed by atoms with van der Waals surface area (Å²) in [4.78, 5) is 0.168. The zero-order chi connectivity index (χ0) is 14.6. The number of rotatable bonds is 6. The van der Waals surface area contributed by atoms with Crippen LogP contribution < -0.4 is 9.46 Å². The molecule has 0 amide bonds. The van der Waals surface area contributed by atoms with Crippen LogP contribution in [0.5, 0.6) is 5.75 Å². The van der Waals surface area contributed by atoms with E-state index < -0.39 is 16.1 Å². The number of benzene rings is 1. The third kappa shape index (κ3) is 4.49. The molecule has 0 saturated carbocycles. The quantitative estimate of drug-likeness (QED) is 0.830. The van der Waals surface area contributed by atoms with Crippen LogP contribution in [0.25, 0.3) is 0 Å². The summed E-state index contributed by atoms with van der Waals surface area (Å²) in [6.45, 7) is 6.97. The Kier molecular flexibility index (Phi) is 5.34. The molecule has 0 aliphatic carbocycles. The topological polar surface area (TPSA) is 75.6 Å². The van der Waals surface area contributed by atoms with Gasteiger partial charge in [0.05, 0.1) is 17.6 Å². The van der Waals surface area contributed by atoms with Gasteiger partial charge in [-0.15, -0.1) is 0 Å². The molecule has 0 spiro atoms. The van der Waals surface area contributed by atoms with Gasteiger partial charge >= 0.3 is 0 Å². The third-order valence-electron chi connectivity index (χ3n) is 2.45. The van der Waals surface area contributed by atoms with E-state index in [1.807, 2.05) is 13.8 Å². The maximum Gasteiger partial charge on any atom is 0.240 e. The van der Waals surface area contributed by atoms with Crippen LogP contribution >= 0.6 is 0 Å². The molecule has 2 N–H and O–H groups in total. The first-order valence-corrected chi connectivity index (χ1v) is 7.65. The highest BCUT2D eigenvalue weighted by atomic mass is 32.2. The van der Waals surface area contributed by atoms with Crippen molar-refractivity contribution in [3.05, 3.63) is 23.8 Å². The smallest absolute Gasteiger partial charge is 0.240 e. The van der Waals surface area contributed by atoms with Gasteiger partial charge < -0.3 is 9.84 Å². The number of aryl methyl sites for hydroxylation is 1. The molecule has 0 aliphatic rings. The number of hydrogen-bond acceptors (Lipinski definition) is 4. The van der Waals surface area contributed by atoms with E-state index in [-0.39, 0.29) is 17.6 Å². The van der Waals surface area contributed by atoms with Crippen molar-refractivity contribution in [3.63, 3.8) is 0 Å². The van der Waals surface area contributed by atoms with Crippen LogP contribution in [0, 0.1) is 6.92 Å². The van der Waals surface area contributed by atoms with Crippen molar-refractivity contribution < 1.29 is 18.3 Å². The molecule has 0 unspecified atom stereocenters. The van der Waals surface area contributed by atoms with E-state index in [0.29, 0.717) is 5.75 Å². The summed E-state index contributed by atoms with van der Waals surface area (Å²) in [5.41, 5.74) is 0.758. The Bertz CT molecular complexity index is 525. The number of sulfonamides is 1. The molecule has 19 heavy (non-hydrogen) atoms. The van der Waals surface area contributed by atoms with Gasteiger partial charge in [-0.05, 0) is 51.5 Å². The van der Waals surface area contributed by atoms with Gasteiger partial charge in [-0.25, -0.2) is 13.1 Å². The lowest BCUT2D eigenvalue weighted by atomic mass is 10.2. The Morgan fingerprint density at radius 2 is 1.95 bits per heavy atom. The van der Waals surface area contributed by atoms with Crippen molar-refractivity contribution in [2.75, 3.05) is 6.61 Å². The molecule has 0 heterocycles. The second-order valence-corrected chi connectivity index (χ2v) is 6.51. The van der Waals surface area contributed by atoms with E-state index in [4.69, 9.17) is 9.84 Å². The molecule has 0 aliphatic heterocycles. The molecule has 1 atom stereocenters. The average molecular weight is 287 g/mol. The summed E-state index contributed by atoms with van der Waals surface area (Å²) in [6.07, 6.45) is 0.0358. The fourth-order valence-electron chi connectivity index (χ4n) is 1.55. The minimum atomic E-state index is -3.60. The minimum Gasteiger partial charge on any atom is -0.491 e. The SMILES string of the molecule is Cc1cc(S(=O)(=O)N[C@H](C)CO)ccc1OC(C)C. The number of aliphatic hydroxyl groups is 1. The van der Waals surface area contributed by atoms with Crippen LogP contribution in [0.15, 0.2) is 23.1 Å². The van der Waals surface area contributed by atoms with E-state index >= 15 is 0 Å². The van der Waals surface area contributed by atoms with Crippen LogP contribution in [-0.2, 0) is 10.0 Å². The standard InChI is InChI=1S/C13H21NO4S/c1-9(2)18-13-6-5-12(7-10(13)3)19(16,17)14-11(4)8-15/h5-7,9,11,14-15H,8H2,1-4H3/t11-/m1/s1.